The normalized spacial score (nSPS) is 10.4. The smallest absolute Gasteiger partial charge is 0.345 e. The van der Waals surface area contributed by atoms with E-state index in [-0.39, 0.29) is 11.6 Å². The lowest BCUT2D eigenvalue weighted by molar-refractivity contribution is -0.392. The van der Waals surface area contributed by atoms with Gasteiger partial charge >= 0.3 is 5.82 Å². The van der Waals surface area contributed by atoms with Gasteiger partial charge < -0.3 is 14.6 Å². The summed E-state index contributed by atoms with van der Waals surface area (Å²) in [6.07, 6.45) is 1.13. The van der Waals surface area contributed by atoms with E-state index in [1.807, 2.05) is 0 Å². The summed E-state index contributed by atoms with van der Waals surface area (Å²) in [5.41, 5.74) is 0.313. The molecule has 0 saturated heterocycles. The summed E-state index contributed by atoms with van der Waals surface area (Å²) >= 11 is 0. The molecule has 2 aromatic rings. The lowest BCUT2D eigenvalue weighted by Crippen LogP contribution is -1.97. The van der Waals surface area contributed by atoms with Gasteiger partial charge in [0.25, 0.3) is 0 Å². The number of hydrogen-bond acceptors (Lipinski definition) is 6. The molecule has 0 aromatic carbocycles. The van der Waals surface area contributed by atoms with Crippen LogP contribution in [0.3, 0.4) is 0 Å². The first-order valence-corrected chi connectivity index (χ1v) is 3.63. The fourth-order valence-electron chi connectivity index (χ4n) is 1.02. The first-order valence-electron chi connectivity index (χ1n) is 3.63. The molecule has 0 atom stereocenters. The van der Waals surface area contributed by atoms with Crippen molar-refractivity contribution < 1.29 is 9.45 Å². The minimum absolute atomic E-state index is 0.121. The summed E-state index contributed by atoms with van der Waals surface area (Å²) in [6, 6.07) is 1.28. The molecule has 2 rings (SSSR count). The molecule has 0 unspecified atom stereocenters. The van der Waals surface area contributed by atoms with Crippen LogP contribution in [0.15, 0.2) is 17.0 Å². The Balaban J connectivity index is 2.48. The SMILES string of the molecule is Cn1nc(-c2ncon2)cc1[N+](=O)[O-]. The highest BCUT2D eigenvalue weighted by atomic mass is 16.6. The van der Waals surface area contributed by atoms with Crippen LogP contribution in [0.2, 0.25) is 0 Å². The van der Waals surface area contributed by atoms with Crippen LogP contribution in [-0.2, 0) is 7.05 Å². The maximum Gasteiger partial charge on any atom is 0.345 e. The summed E-state index contributed by atoms with van der Waals surface area (Å²) in [5, 5.41) is 17.9. The molecule has 8 nitrogen and oxygen atoms in total. The van der Waals surface area contributed by atoms with Crippen LogP contribution in [0.1, 0.15) is 0 Å². The minimum atomic E-state index is -0.531. The predicted molar refractivity (Wildman–Crippen MR) is 43.2 cm³/mol. The summed E-state index contributed by atoms with van der Waals surface area (Å²) in [7, 11) is 1.47. The van der Waals surface area contributed by atoms with Crippen molar-refractivity contribution >= 4 is 5.82 Å². The second-order valence-corrected chi connectivity index (χ2v) is 2.52. The Labute approximate surface area is 77.3 Å². The van der Waals surface area contributed by atoms with Crippen LogP contribution in [0.5, 0.6) is 0 Å². The van der Waals surface area contributed by atoms with E-state index in [1.165, 1.54) is 13.1 Å². The van der Waals surface area contributed by atoms with E-state index in [9.17, 15) is 10.1 Å². The molecular formula is C6H5N5O3. The van der Waals surface area contributed by atoms with E-state index in [1.54, 1.807) is 0 Å². The molecule has 2 aromatic heterocycles. The van der Waals surface area contributed by atoms with Gasteiger partial charge in [-0.1, -0.05) is 10.3 Å². The Morgan fingerprint density at radius 3 is 2.93 bits per heavy atom. The first-order chi connectivity index (χ1) is 6.68. The highest BCUT2D eigenvalue weighted by molar-refractivity contribution is 5.51. The molecular weight excluding hydrogens is 190 g/mol. The van der Waals surface area contributed by atoms with Crippen molar-refractivity contribution in [3.63, 3.8) is 0 Å². The molecule has 0 aliphatic heterocycles. The number of nitro groups is 1. The fraction of sp³-hybridized carbons (Fsp3) is 0.167. The first kappa shape index (κ1) is 8.35. The lowest BCUT2D eigenvalue weighted by Gasteiger charge is -1.89. The third kappa shape index (κ3) is 1.22. The van der Waals surface area contributed by atoms with Gasteiger partial charge in [-0.25, -0.2) is 0 Å². The van der Waals surface area contributed by atoms with E-state index in [2.05, 4.69) is 19.8 Å². The zero-order valence-corrected chi connectivity index (χ0v) is 7.12. The van der Waals surface area contributed by atoms with E-state index in [4.69, 9.17) is 0 Å². The van der Waals surface area contributed by atoms with E-state index < -0.39 is 4.92 Å². The summed E-state index contributed by atoms with van der Waals surface area (Å²) in [6.45, 7) is 0. The highest BCUT2D eigenvalue weighted by Gasteiger charge is 2.18. The predicted octanol–water partition coefficient (Wildman–Crippen LogP) is 0.378. The van der Waals surface area contributed by atoms with Gasteiger partial charge in [0.15, 0.2) is 5.69 Å². The molecule has 14 heavy (non-hydrogen) atoms. The fourth-order valence-corrected chi connectivity index (χ4v) is 1.02. The number of aryl methyl sites for hydroxylation is 1. The molecule has 0 spiro atoms. The van der Waals surface area contributed by atoms with Crippen molar-refractivity contribution in [2.45, 2.75) is 0 Å². The van der Waals surface area contributed by atoms with Crippen molar-refractivity contribution in [3.8, 4) is 11.5 Å². The molecule has 0 radical (unpaired) electrons. The molecule has 72 valence electrons. The van der Waals surface area contributed by atoms with Crippen LogP contribution in [0, 0.1) is 10.1 Å². The Morgan fingerprint density at radius 1 is 1.64 bits per heavy atom. The van der Waals surface area contributed by atoms with Gasteiger partial charge in [-0.3, -0.25) is 0 Å². The second-order valence-electron chi connectivity index (χ2n) is 2.52. The van der Waals surface area contributed by atoms with Gasteiger partial charge in [0.1, 0.15) is 7.05 Å². The van der Waals surface area contributed by atoms with Crippen LogP contribution in [0.25, 0.3) is 11.5 Å². The summed E-state index contributed by atoms with van der Waals surface area (Å²) in [5.74, 6) is 0.110. The Morgan fingerprint density at radius 2 is 2.43 bits per heavy atom. The molecule has 8 heteroatoms. The largest absolute Gasteiger partial charge is 0.358 e. The molecule has 0 fully saturated rings. The van der Waals surface area contributed by atoms with E-state index in [0.717, 1.165) is 11.1 Å². The van der Waals surface area contributed by atoms with Crippen LogP contribution < -0.4 is 0 Å². The molecule has 0 aliphatic carbocycles. The topological polar surface area (TPSA) is 99.9 Å². The maximum atomic E-state index is 10.5. The standard InChI is InChI=1S/C6H5N5O3/c1-10-5(11(12)13)2-4(8-10)6-7-3-14-9-6/h2-3H,1H3. The van der Waals surface area contributed by atoms with Crippen molar-refractivity contribution in [3.05, 3.63) is 22.6 Å². The highest BCUT2D eigenvalue weighted by Crippen LogP contribution is 2.18. The van der Waals surface area contributed by atoms with Gasteiger partial charge in [-0.05, 0) is 4.92 Å². The van der Waals surface area contributed by atoms with Crippen molar-refractivity contribution in [1.82, 2.24) is 19.9 Å². The molecule has 0 bridgehead atoms. The van der Waals surface area contributed by atoms with Crippen LogP contribution in [0.4, 0.5) is 5.82 Å². The van der Waals surface area contributed by atoms with Gasteiger partial charge in [-0.15, -0.1) is 4.68 Å². The molecule has 0 amide bonds. The number of hydrogen-bond donors (Lipinski definition) is 0. The monoisotopic (exact) mass is 195 g/mol. The minimum Gasteiger partial charge on any atom is -0.358 e. The van der Waals surface area contributed by atoms with Gasteiger partial charge in [0.2, 0.25) is 12.2 Å². The molecule has 0 aliphatic rings. The van der Waals surface area contributed by atoms with Crippen molar-refractivity contribution in [2.75, 3.05) is 0 Å². The lowest BCUT2D eigenvalue weighted by atomic mass is 10.4. The van der Waals surface area contributed by atoms with Gasteiger partial charge in [0.05, 0.1) is 6.07 Å². The average Bonchev–Trinajstić information content (AvgIpc) is 2.70. The third-order valence-corrected chi connectivity index (χ3v) is 1.63. The van der Waals surface area contributed by atoms with E-state index >= 15 is 0 Å². The summed E-state index contributed by atoms with van der Waals surface area (Å²) < 4.78 is 5.64. The third-order valence-electron chi connectivity index (χ3n) is 1.63. The zero-order valence-electron chi connectivity index (χ0n) is 7.12. The van der Waals surface area contributed by atoms with Gasteiger partial charge in [-0.2, -0.15) is 4.98 Å². The number of rotatable bonds is 2. The van der Waals surface area contributed by atoms with Crippen LogP contribution in [-0.4, -0.2) is 24.8 Å². The van der Waals surface area contributed by atoms with Crippen molar-refractivity contribution in [1.29, 1.82) is 0 Å². The number of aromatic nitrogens is 4. The van der Waals surface area contributed by atoms with Gasteiger partial charge in [0, 0.05) is 0 Å². The quantitative estimate of drug-likeness (QED) is 0.507. The maximum absolute atomic E-state index is 10.5. The number of nitrogens with zero attached hydrogens (tertiary/aromatic N) is 5. The zero-order chi connectivity index (χ0) is 10.1. The Bertz CT molecular complexity index is 460. The Hall–Kier alpha value is -2.25. The molecule has 0 saturated carbocycles. The second kappa shape index (κ2) is 2.91. The van der Waals surface area contributed by atoms with Crippen LogP contribution >= 0.6 is 0 Å². The average molecular weight is 195 g/mol. The summed E-state index contributed by atoms with van der Waals surface area (Å²) in [4.78, 5) is 13.7. The molecule has 0 N–H and O–H groups in total. The Kier molecular flexibility index (Phi) is 1.73. The van der Waals surface area contributed by atoms with E-state index in [0.29, 0.717) is 5.69 Å². The molecule has 2 heterocycles. The van der Waals surface area contributed by atoms with Crippen molar-refractivity contribution in [2.24, 2.45) is 7.05 Å².